The highest BCUT2D eigenvalue weighted by molar-refractivity contribution is 8.13. The number of benzene rings is 1. The van der Waals surface area contributed by atoms with E-state index in [2.05, 4.69) is 10.4 Å². The van der Waals surface area contributed by atoms with Crippen LogP contribution in [0.1, 0.15) is 25.3 Å². The van der Waals surface area contributed by atoms with Crippen molar-refractivity contribution in [2.45, 2.75) is 26.4 Å². The number of ether oxygens (including phenoxy) is 2. The van der Waals surface area contributed by atoms with Gasteiger partial charge in [0.05, 0.1) is 6.61 Å². The average molecular weight is 382 g/mol. The molecule has 0 aromatic heterocycles. The van der Waals surface area contributed by atoms with Crippen LogP contribution in [0.25, 0.3) is 0 Å². The zero-order chi connectivity index (χ0) is 19.4. The Labute approximate surface area is 155 Å². The zero-order valence-corrected chi connectivity index (χ0v) is 15.5. The van der Waals surface area contributed by atoms with Crippen molar-refractivity contribution in [3.05, 3.63) is 35.9 Å². The van der Waals surface area contributed by atoms with Crippen molar-refractivity contribution in [1.29, 1.82) is 0 Å². The monoisotopic (exact) mass is 382 g/mol. The standard InChI is InChI=1S/C16H22N4O5S/c1-3-4-10-24-15(22)18-14(26-2)19-20(13(17)21)16(23)25-11-12-8-6-5-7-9-12/h5-9H,3-4,10-11H2,1-2H3,(H2,17,21)(H,18,19,22). The number of unbranched alkanes of at least 4 members (excludes halogenated alkanes) is 1. The molecule has 0 saturated carbocycles. The van der Waals surface area contributed by atoms with Gasteiger partial charge in [-0.15, -0.1) is 10.0 Å². The van der Waals surface area contributed by atoms with E-state index in [1.807, 2.05) is 13.0 Å². The van der Waals surface area contributed by atoms with Gasteiger partial charge in [0, 0.05) is 0 Å². The van der Waals surface area contributed by atoms with E-state index >= 15 is 0 Å². The Hall–Kier alpha value is -2.75. The van der Waals surface area contributed by atoms with E-state index in [0.29, 0.717) is 11.4 Å². The number of hydrogen-bond acceptors (Lipinski definition) is 6. The highest BCUT2D eigenvalue weighted by Gasteiger charge is 2.23. The summed E-state index contributed by atoms with van der Waals surface area (Å²) < 4.78 is 9.92. The molecule has 0 spiro atoms. The molecule has 0 atom stereocenters. The van der Waals surface area contributed by atoms with Crippen LogP contribution >= 0.6 is 11.8 Å². The number of nitrogens with one attached hydrogen (secondary N) is 1. The second kappa shape index (κ2) is 11.7. The maximum absolute atomic E-state index is 12.1. The number of aliphatic imine (C=N–C) groups is 1. The minimum absolute atomic E-state index is 0.0399. The summed E-state index contributed by atoms with van der Waals surface area (Å²) in [5.74, 6) is 0. The number of hydrazine groups is 1. The van der Waals surface area contributed by atoms with Crippen LogP contribution in [0.5, 0.6) is 0 Å². The van der Waals surface area contributed by atoms with Crippen LogP contribution in [0.2, 0.25) is 0 Å². The number of primary amides is 1. The first-order chi connectivity index (χ1) is 12.5. The van der Waals surface area contributed by atoms with Crippen LogP contribution < -0.4 is 11.2 Å². The Morgan fingerprint density at radius 2 is 1.92 bits per heavy atom. The predicted octanol–water partition coefficient (Wildman–Crippen LogP) is 2.86. The normalized spacial score (nSPS) is 10.8. The Morgan fingerprint density at radius 1 is 1.23 bits per heavy atom. The number of urea groups is 1. The van der Waals surface area contributed by atoms with Gasteiger partial charge in [-0.25, -0.2) is 14.4 Å². The lowest BCUT2D eigenvalue weighted by Crippen LogP contribution is -2.51. The summed E-state index contributed by atoms with van der Waals surface area (Å²) in [7, 11) is 0. The van der Waals surface area contributed by atoms with E-state index in [1.165, 1.54) is 0 Å². The summed E-state index contributed by atoms with van der Waals surface area (Å²) in [6.07, 6.45) is 1.31. The Morgan fingerprint density at radius 3 is 2.50 bits per heavy atom. The van der Waals surface area contributed by atoms with Gasteiger partial charge >= 0.3 is 18.2 Å². The molecule has 0 aliphatic heterocycles. The van der Waals surface area contributed by atoms with Gasteiger partial charge < -0.3 is 15.2 Å². The van der Waals surface area contributed by atoms with Gasteiger partial charge in [0.25, 0.3) is 0 Å². The lowest BCUT2D eigenvalue weighted by molar-refractivity contribution is 0.0987. The SMILES string of the molecule is CCCCOC(=O)/N=C(/NN(C(N)=O)C(=O)OCc1ccccc1)SC. The molecule has 3 N–H and O–H groups in total. The molecule has 0 unspecified atom stereocenters. The maximum atomic E-state index is 12.1. The molecule has 9 nitrogen and oxygen atoms in total. The van der Waals surface area contributed by atoms with E-state index in [4.69, 9.17) is 15.2 Å². The van der Waals surface area contributed by atoms with Gasteiger partial charge in [-0.2, -0.15) is 0 Å². The molecule has 0 aliphatic rings. The summed E-state index contributed by atoms with van der Waals surface area (Å²) in [4.78, 5) is 38.8. The quantitative estimate of drug-likeness (QED) is 0.347. The van der Waals surface area contributed by atoms with Crippen LogP contribution in [0.4, 0.5) is 14.4 Å². The minimum atomic E-state index is -1.11. The molecule has 1 aromatic rings. The summed E-state index contributed by atoms with van der Waals surface area (Å²) in [5.41, 5.74) is 8.28. The molecule has 10 heteroatoms. The first-order valence-corrected chi connectivity index (χ1v) is 9.06. The number of nitrogens with two attached hydrogens (primary N) is 1. The van der Waals surface area contributed by atoms with Gasteiger partial charge in [-0.05, 0) is 18.2 Å². The molecular weight excluding hydrogens is 360 g/mol. The first kappa shape index (κ1) is 21.3. The molecule has 0 aliphatic carbocycles. The molecule has 1 rings (SSSR count). The van der Waals surface area contributed by atoms with E-state index < -0.39 is 18.2 Å². The van der Waals surface area contributed by atoms with Crippen LogP contribution in [0.3, 0.4) is 0 Å². The van der Waals surface area contributed by atoms with Gasteiger partial charge in [-0.1, -0.05) is 55.4 Å². The first-order valence-electron chi connectivity index (χ1n) is 7.84. The van der Waals surface area contributed by atoms with Crippen LogP contribution in [0.15, 0.2) is 35.3 Å². The van der Waals surface area contributed by atoms with Crippen molar-refractivity contribution >= 4 is 35.1 Å². The summed E-state index contributed by atoms with van der Waals surface area (Å²) in [6, 6.07) is 7.81. The summed E-state index contributed by atoms with van der Waals surface area (Å²) in [6.45, 7) is 2.15. The van der Waals surface area contributed by atoms with E-state index in [0.717, 1.165) is 23.7 Å². The predicted molar refractivity (Wildman–Crippen MR) is 98.4 cm³/mol. The number of rotatable bonds is 5. The largest absolute Gasteiger partial charge is 0.448 e. The second-order valence-electron chi connectivity index (χ2n) is 4.91. The van der Waals surface area contributed by atoms with Crippen molar-refractivity contribution < 1.29 is 23.9 Å². The third kappa shape index (κ3) is 7.88. The Kier molecular flexibility index (Phi) is 9.62. The maximum Gasteiger partial charge on any atom is 0.437 e. The molecule has 0 radical (unpaired) electrons. The van der Waals surface area contributed by atoms with Gasteiger partial charge in [-0.3, -0.25) is 5.43 Å². The van der Waals surface area contributed by atoms with Crippen LogP contribution in [-0.4, -0.2) is 41.3 Å². The van der Waals surface area contributed by atoms with E-state index in [-0.39, 0.29) is 18.4 Å². The van der Waals surface area contributed by atoms with E-state index in [9.17, 15) is 14.4 Å². The summed E-state index contributed by atoms with van der Waals surface area (Å²) in [5, 5.41) is 0.388. The fourth-order valence-electron chi connectivity index (χ4n) is 1.61. The lowest BCUT2D eigenvalue weighted by atomic mass is 10.2. The molecule has 26 heavy (non-hydrogen) atoms. The number of thioether (sulfide) groups is 1. The number of carbonyl (C=O) groups is 3. The number of hydrogen-bond donors (Lipinski definition) is 2. The number of carbonyl (C=O) groups excluding carboxylic acids is 3. The molecule has 0 saturated heterocycles. The van der Waals surface area contributed by atoms with Crippen molar-refractivity contribution in [2.24, 2.45) is 10.7 Å². The van der Waals surface area contributed by atoms with Gasteiger partial charge in [0.15, 0.2) is 5.17 Å². The fourth-order valence-corrected chi connectivity index (χ4v) is 1.95. The third-order valence-electron chi connectivity index (χ3n) is 2.93. The van der Waals surface area contributed by atoms with Gasteiger partial charge in [0.2, 0.25) is 0 Å². The van der Waals surface area contributed by atoms with E-state index in [1.54, 1.807) is 30.5 Å². The van der Waals surface area contributed by atoms with Crippen molar-refractivity contribution in [3.8, 4) is 0 Å². The molecule has 142 valence electrons. The van der Waals surface area contributed by atoms with Gasteiger partial charge in [0.1, 0.15) is 6.61 Å². The molecular formula is C16H22N4O5S. The second-order valence-corrected chi connectivity index (χ2v) is 5.71. The van der Waals surface area contributed by atoms with Crippen molar-refractivity contribution in [3.63, 3.8) is 0 Å². The highest BCUT2D eigenvalue weighted by Crippen LogP contribution is 2.04. The molecule has 4 amide bonds. The topological polar surface area (TPSA) is 123 Å². The Balaban J connectivity index is 2.67. The highest BCUT2D eigenvalue weighted by atomic mass is 32.2. The zero-order valence-electron chi connectivity index (χ0n) is 14.6. The number of nitrogens with zero attached hydrogens (tertiary/aromatic N) is 2. The van der Waals surface area contributed by atoms with Crippen LogP contribution in [-0.2, 0) is 16.1 Å². The molecule has 0 bridgehead atoms. The number of amides is 4. The van der Waals surface area contributed by atoms with Crippen LogP contribution in [0, 0.1) is 0 Å². The minimum Gasteiger partial charge on any atom is -0.448 e. The smallest absolute Gasteiger partial charge is 0.437 e. The number of imide groups is 1. The van der Waals surface area contributed by atoms with Crippen molar-refractivity contribution in [2.75, 3.05) is 12.9 Å². The lowest BCUT2D eigenvalue weighted by Gasteiger charge is -2.19. The number of amidine groups is 1. The molecule has 0 heterocycles. The third-order valence-corrected chi connectivity index (χ3v) is 3.49. The average Bonchev–Trinajstić information content (AvgIpc) is 2.63. The van der Waals surface area contributed by atoms with Crippen molar-refractivity contribution in [1.82, 2.24) is 10.4 Å². The molecule has 1 aromatic carbocycles. The Bertz CT molecular complexity index is 639. The molecule has 0 fully saturated rings. The summed E-state index contributed by atoms with van der Waals surface area (Å²) >= 11 is 0.996. The fraction of sp³-hybridized carbons (Fsp3) is 0.375.